The van der Waals surface area contributed by atoms with Gasteiger partial charge in [-0.1, -0.05) is 12.1 Å². The molecule has 100 valence electrons. The molecule has 0 aliphatic carbocycles. The lowest BCUT2D eigenvalue weighted by Crippen LogP contribution is -2.38. The van der Waals surface area contributed by atoms with Crippen molar-refractivity contribution >= 4 is 21.2 Å². The van der Waals surface area contributed by atoms with E-state index in [2.05, 4.69) is 5.32 Å². The minimum Gasteiger partial charge on any atom is -0.378 e. The van der Waals surface area contributed by atoms with Gasteiger partial charge < -0.3 is 5.32 Å². The standard InChI is InChI=1S/C11H16N2O4S/c1-11(2,18(3,16)17)8-12-9-6-4-5-7-10(9)13(14)15/h4-7,12H,8H2,1-3H3. The molecule has 0 atom stereocenters. The van der Waals surface area contributed by atoms with Crippen LogP contribution in [-0.2, 0) is 9.84 Å². The normalized spacial score (nSPS) is 12.2. The van der Waals surface area contributed by atoms with Crippen molar-refractivity contribution in [2.75, 3.05) is 18.1 Å². The Bertz CT molecular complexity index is 552. The van der Waals surface area contributed by atoms with Crippen LogP contribution in [-0.4, -0.2) is 30.9 Å². The molecular weight excluding hydrogens is 256 g/mol. The van der Waals surface area contributed by atoms with Crippen LogP contribution in [0, 0.1) is 10.1 Å². The highest BCUT2D eigenvalue weighted by Crippen LogP contribution is 2.25. The molecule has 0 saturated carbocycles. The van der Waals surface area contributed by atoms with Crippen molar-refractivity contribution in [3.8, 4) is 0 Å². The number of para-hydroxylation sites is 2. The highest BCUT2D eigenvalue weighted by Gasteiger charge is 2.30. The van der Waals surface area contributed by atoms with Gasteiger partial charge >= 0.3 is 0 Å². The first-order valence-corrected chi connectivity index (χ1v) is 7.21. The second kappa shape index (κ2) is 4.93. The van der Waals surface area contributed by atoms with E-state index in [0.29, 0.717) is 5.69 Å². The van der Waals surface area contributed by atoms with Gasteiger partial charge in [-0.2, -0.15) is 0 Å². The number of sulfone groups is 1. The van der Waals surface area contributed by atoms with E-state index >= 15 is 0 Å². The number of nitrogens with zero attached hydrogens (tertiary/aromatic N) is 1. The Hall–Kier alpha value is -1.63. The molecule has 0 radical (unpaired) electrons. The Kier molecular flexibility index (Phi) is 3.95. The zero-order chi connectivity index (χ0) is 14.0. The van der Waals surface area contributed by atoms with E-state index in [9.17, 15) is 18.5 Å². The van der Waals surface area contributed by atoms with Crippen LogP contribution < -0.4 is 5.32 Å². The van der Waals surface area contributed by atoms with E-state index in [1.807, 2.05) is 0 Å². The minimum absolute atomic E-state index is 0.0678. The van der Waals surface area contributed by atoms with Gasteiger partial charge in [-0.05, 0) is 19.9 Å². The van der Waals surface area contributed by atoms with Crippen LogP contribution in [0.3, 0.4) is 0 Å². The molecule has 0 spiro atoms. The van der Waals surface area contributed by atoms with Crippen LogP contribution in [0.15, 0.2) is 24.3 Å². The number of hydrogen-bond donors (Lipinski definition) is 1. The molecule has 18 heavy (non-hydrogen) atoms. The lowest BCUT2D eigenvalue weighted by atomic mass is 10.2. The SMILES string of the molecule is CC(C)(CNc1ccccc1[N+](=O)[O-])S(C)(=O)=O. The van der Waals surface area contributed by atoms with Gasteiger partial charge in [-0.25, -0.2) is 8.42 Å². The summed E-state index contributed by atoms with van der Waals surface area (Å²) in [6.07, 6.45) is 1.15. The van der Waals surface area contributed by atoms with Gasteiger partial charge in [0.05, 0.1) is 9.67 Å². The van der Waals surface area contributed by atoms with Crippen LogP contribution >= 0.6 is 0 Å². The van der Waals surface area contributed by atoms with Crippen molar-refractivity contribution in [3.05, 3.63) is 34.4 Å². The van der Waals surface area contributed by atoms with Gasteiger partial charge in [0.2, 0.25) is 0 Å². The number of rotatable bonds is 5. The lowest BCUT2D eigenvalue weighted by Gasteiger charge is -2.23. The van der Waals surface area contributed by atoms with Crippen LogP contribution in [0.1, 0.15) is 13.8 Å². The zero-order valence-electron chi connectivity index (χ0n) is 10.5. The van der Waals surface area contributed by atoms with Crippen LogP contribution in [0.25, 0.3) is 0 Å². The van der Waals surface area contributed by atoms with Crippen LogP contribution in [0.5, 0.6) is 0 Å². The van der Waals surface area contributed by atoms with Gasteiger partial charge in [0.1, 0.15) is 5.69 Å². The van der Waals surface area contributed by atoms with Gasteiger partial charge in [0, 0.05) is 18.9 Å². The molecule has 1 aromatic carbocycles. The van der Waals surface area contributed by atoms with E-state index in [4.69, 9.17) is 0 Å². The summed E-state index contributed by atoms with van der Waals surface area (Å²) in [5.74, 6) is 0. The first kappa shape index (κ1) is 14.4. The Morgan fingerprint density at radius 3 is 2.39 bits per heavy atom. The van der Waals surface area contributed by atoms with E-state index in [1.165, 1.54) is 6.07 Å². The smallest absolute Gasteiger partial charge is 0.292 e. The molecule has 0 aromatic heterocycles. The molecule has 0 heterocycles. The number of benzene rings is 1. The fourth-order valence-corrected chi connectivity index (χ4v) is 1.56. The molecule has 1 rings (SSSR count). The van der Waals surface area contributed by atoms with E-state index < -0.39 is 19.5 Å². The number of nitro groups is 1. The van der Waals surface area contributed by atoms with Crippen molar-refractivity contribution in [1.82, 2.24) is 0 Å². The summed E-state index contributed by atoms with van der Waals surface area (Å²) >= 11 is 0. The van der Waals surface area contributed by atoms with Crippen LogP contribution in [0.2, 0.25) is 0 Å². The molecular formula is C11H16N2O4S. The topological polar surface area (TPSA) is 89.3 Å². The van der Waals surface area contributed by atoms with Gasteiger partial charge in [0.25, 0.3) is 5.69 Å². The van der Waals surface area contributed by atoms with Gasteiger partial charge in [-0.15, -0.1) is 0 Å². The maximum Gasteiger partial charge on any atom is 0.292 e. The van der Waals surface area contributed by atoms with Gasteiger partial charge in [0.15, 0.2) is 9.84 Å². The third-order valence-corrected chi connectivity index (χ3v) is 4.96. The molecule has 7 heteroatoms. The quantitative estimate of drug-likeness (QED) is 0.652. The maximum atomic E-state index is 11.5. The summed E-state index contributed by atoms with van der Waals surface area (Å²) in [6, 6.07) is 6.14. The predicted molar refractivity (Wildman–Crippen MR) is 70.5 cm³/mol. The molecule has 0 saturated heterocycles. The molecule has 0 aliphatic rings. The summed E-state index contributed by atoms with van der Waals surface area (Å²) < 4.78 is 22.0. The molecule has 0 amide bonds. The van der Waals surface area contributed by atoms with Crippen molar-refractivity contribution in [2.24, 2.45) is 0 Å². The summed E-state index contributed by atoms with van der Waals surface area (Å²) in [5.41, 5.74) is 0.251. The third kappa shape index (κ3) is 3.19. The fraction of sp³-hybridized carbons (Fsp3) is 0.455. The second-order valence-electron chi connectivity index (χ2n) is 4.66. The molecule has 0 bridgehead atoms. The molecule has 1 N–H and O–H groups in total. The fourth-order valence-electron chi connectivity index (χ4n) is 1.22. The maximum absolute atomic E-state index is 11.5. The van der Waals surface area contributed by atoms with Crippen molar-refractivity contribution in [2.45, 2.75) is 18.6 Å². The Morgan fingerprint density at radius 2 is 1.89 bits per heavy atom. The summed E-state index contributed by atoms with van der Waals surface area (Å²) in [6.45, 7) is 3.25. The zero-order valence-corrected chi connectivity index (χ0v) is 11.3. The van der Waals surface area contributed by atoms with E-state index in [-0.39, 0.29) is 12.2 Å². The summed E-state index contributed by atoms with van der Waals surface area (Å²) in [4.78, 5) is 10.3. The van der Waals surface area contributed by atoms with Crippen molar-refractivity contribution in [3.63, 3.8) is 0 Å². The first-order valence-electron chi connectivity index (χ1n) is 5.32. The summed E-state index contributed by atoms with van der Waals surface area (Å²) in [7, 11) is -3.24. The highest BCUT2D eigenvalue weighted by molar-refractivity contribution is 7.92. The Labute approximate surface area is 106 Å². The first-order chi connectivity index (χ1) is 8.15. The predicted octanol–water partition coefficient (Wildman–Crippen LogP) is 1.83. The number of nitrogens with one attached hydrogen (secondary N) is 1. The average Bonchev–Trinajstić information content (AvgIpc) is 2.25. The van der Waals surface area contributed by atoms with E-state index in [0.717, 1.165) is 6.26 Å². The Balaban J connectivity index is 2.91. The molecule has 1 aromatic rings. The molecule has 6 nitrogen and oxygen atoms in total. The largest absolute Gasteiger partial charge is 0.378 e. The number of anilines is 1. The summed E-state index contributed by atoms with van der Waals surface area (Å²) in [5, 5.41) is 13.6. The minimum atomic E-state index is -3.24. The average molecular weight is 272 g/mol. The van der Waals surface area contributed by atoms with Gasteiger partial charge in [-0.3, -0.25) is 10.1 Å². The Morgan fingerprint density at radius 1 is 1.33 bits per heavy atom. The van der Waals surface area contributed by atoms with Crippen molar-refractivity contribution < 1.29 is 13.3 Å². The highest BCUT2D eigenvalue weighted by atomic mass is 32.2. The number of hydrogen-bond acceptors (Lipinski definition) is 5. The number of nitro benzene ring substituents is 1. The van der Waals surface area contributed by atoms with Crippen LogP contribution in [0.4, 0.5) is 11.4 Å². The monoisotopic (exact) mass is 272 g/mol. The second-order valence-corrected chi connectivity index (χ2v) is 7.31. The third-order valence-electron chi connectivity index (χ3n) is 2.81. The molecule has 0 fully saturated rings. The molecule has 0 unspecified atom stereocenters. The van der Waals surface area contributed by atoms with Crippen molar-refractivity contribution in [1.29, 1.82) is 0 Å². The van der Waals surface area contributed by atoms with E-state index in [1.54, 1.807) is 32.0 Å². The lowest BCUT2D eigenvalue weighted by molar-refractivity contribution is -0.384. The molecule has 0 aliphatic heterocycles.